The van der Waals surface area contributed by atoms with Crippen molar-refractivity contribution in [3.05, 3.63) is 30.3 Å². The van der Waals surface area contributed by atoms with Crippen molar-refractivity contribution in [2.24, 2.45) is 0 Å². The van der Waals surface area contributed by atoms with E-state index in [9.17, 15) is 0 Å². The molecule has 80 valence electrons. The first-order valence-corrected chi connectivity index (χ1v) is 5.46. The fourth-order valence-electron chi connectivity index (χ4n) is 1.84. The van der Waals surface area contributed by atoms with Gasteiger partial charge in [0.05, 0.1) is 6.04 Å². The van der Waals surface area contributed by atoms with Gasteiger partial charge in [0.1, 0.15) is 0 Å². The predicted molar refractivity (Wildman–Crippen MR) is 65.0 cm³/mol. The molecule has 2 N–H and O–H groups in total. The zero-order valence-corrected chi connectivity index (χ0v) is 9.20. The van der Waals surface area contributed by atoms with E-state index in [-0.39, 0.29) is 12.6 Å². The van der Waals surface area contributed by atoms with Crippen LogP contribution in [-0.2, 0) is 0 Å². The van der Waals surface area contributed by atoms with Gasteiger partial charge in [-0.1, -0.05) is 18.2 Å². The van der Waals surface area contributed by atoms with Crippen LogP contribution in [0, 0.1) is 0 Å². The first kappa shape index (κ1) is 10.4. The van der Waals surface area contributed by atoms with Gasteiger partial charge in [-0.3, -0.25) is 0 Å². The smallest absolute Gasteiger partial charge is 0.173 e. The molecule has 1 aliphatic heterocycles. The molecule has 0 spiro atoms. The molecule has 2 rings (SSSR count). The third-order valence-electron chi connectivity index (χ3n) is 2.57. The van der Waals surface area contributed by atoms with E-state index in [4.69, 9.17) is 17.3 Å². The Morgan fingerprint density at radius 1 is 1.40 bits per heavy atom. The molecule has 0 radical (unpaired) electrons. The zero-order chi connectivity index (χ0) is 10.7. The number of aliphatic hydroxyl groups excluding tert-OH is 1. The monoisotopic (exact) mass is 222 g/mol. The number of rotatable bonds is 3. The van der Waals surface area contributed by atoms with Crippen LogP contribution in [0.25, 0.3) is 0 Å². The molecular weight excluding hydrogens is 208 g/mol. The third-order valence-corrected chi connectivity index (χ3v) is 2.91. The van der Waals surface area contributed by atoms with E-state index in [2.05, 4.69) is 10.2 Å². The van der Waals surface area contributed by atoms with Crippen molar-refractivity contribution < 1.29 is 5.11 Å². The molecule has 1 aromatic carbocycles. The molecule has 4 heteroatoms. The number of benzene rings is 1. The summed E-state index contributed by atoms with van der Waals surface area (Å²) in [5, 5.41) is 12.9. The highest BCUT2D eigenvalue weighted by Gasteiger charge is 2.28. The minimum absolute atomic E-state index is 0.193. The van der Waals surface area contributed by atoms with Gasteiger partial charge < -0.3 is 15.3 Å². The zero-order valence-electron chi connectivity index (χ0n) is 8.39. The molecular formula is C11H14N2OS. The minimum atomic E-state index is 0.193. The molecule has 0 saturated carbocycles. The van der Waals surface area contributed by atoms with Gasteiger partial charge in [0.15, 0.2) is 5.11 Å². The van der Waals surface area contributed by atoms with Crippen LogP contribution in [0.2, 0.25) is 0 Å². The van der Waals surface area contributed by atoms with Crippen molar-refractivity contribution in [3.8, 4) is 0 Å². The Bertz CT molecular complexity index is 342. The van der Waals surface area contributed by atoms with E-state index in [1.54, 1.807) is 0 Å². The SMILES string of the molecule is OCCC1CNC(=S)N1c1ccccc1. The number of anilines is 1. The summed E-state index contributed by atoms with van der Waals surface area (Å²) in [5.41, 5.74) is 1.09. The molecule has 1 fully saturated rings. The molecule has 1 aromatic rings. The second-order valence-corrected chi connectivity index (χ2v) is 3.94. The Labute approximate surface area is 94.7 Å². The van der Waals surface area contributed by atoms with Gasteiger partial charge in [0, 0.05) is 18.8 Å². The fraction of sp³-hybridized carbons (Fsp3) is 0.364. The molecule has 1 unspecified atom stereocenters. The summed E-state index contributed by atoms with van der Waals surface area (Å²) in [4.78, 5) is 2.07. The quantitative estimate of drug-likeness (QED) is 0.752. The number of aliphatic hydroxyl groups is 1. The van der Waals surface area contributed by atoms with Gasteiger partial charge in [-0.25, -0.2) is 0 Å². The van der Waals surface area contributed by atoms with Gasteiger partial charge in [-0.15, -0.1) is 0 Å². The molecule has 1 saturated heterocycles. The van der Waals surface area contributed by atoms with E-state index in [1.165, 1.54) is 0 Å². The Kier molecular flexibility index (Phi) is 3.18. The summed E-state index contributed by atoms with van der Waals surface area (Å²) in [6.45, 7) is 1.01. The molecule has 0 aliphatic carbocycles. The molecule has 1 heterocycles. The van der Waals surface area contributed by atoms with Gasteiger partial charge in [0.25, 0.3) is 0 Å². The van der Waals surface area contributed by atoms with Crippen molar-refractivity contribution in [1.82, 2.24) is 5.32 Å². The van der Waals surface area contributed by atoms with Crippen molar-refractivity contribution in [1.29, 1.82) is 0 Å². The topological polar surface area (TPSA) is 35.5 Å². The highest BCUT2D eigenvalue weighted by atomic mass is 32.1. The number of nitrogens with one attached hydrogen (secondary N) is 1. The van der Waals surface area contributed by atoms with Crippen LogP contribution in [0.4, 0.5) is 5.69 Å². The van der Waals surface area contributed by atoms with E-state index >= 15 is 0 Å². The molecule has 0 amide bonds. The Morgan fingerprint density at radius 2 is 2.13 bits per heavy atom. The summed E-state index contributed by atoms with van der Waals surface area (Å²) in [7, 11) is 0. The largest absolute Gasteiger partial charge is 0.396 e. The van der Waals surface area contributed by atoms with Crippen LogP contribution < -0.4 is 10.2 Å². The van der Waals surface area contributed by atoms with Crippen molar-refractivity contribution in [2.75, 3.05) is 18.1 Å². The van der Waals surface area contributed by atoms with Crippen LogP contribution in [-0.4, -0.2) is 29.4 Å². The maximum atomic E-state index is 8.98. The van der Waals surface area contributed by atoms with Crippen molar-refractivity contribution in [3.63, 3.8) is 0 Å². The van der Waals surface area contributed by atoms with Gasteiger partial charge >= 0.3 is 0 Å². The van der Waals surface area contributed by atoms with Gasteiger partial charge in [-0.2, -0.15) is 0 Å². The highest BCUT2D eigenvalue weighted by Crippen LogP contribution is 2.21. The minimum Gasteiger partial charge on any atom is -0.396 e. The Hall–Kier alpha value is -1.13. The van der Waals surface area contributed by atoms with E-state index in [0.717, 1.165) is 23.8 Å². The standard InChI is InChI=1S/C11H14N2OS/c14-7-6-10-8-12-11(15)13(10)9-4-2-1-3-5-9/h1-5,10,14H,6-8H2,(H,12,15). The maximum absolute atomic E-state index is 8.98. The second kappa shape index (κ2) is 4.59. The molecule has 0 aromatic heterocycles. The lowest BCUT2D eigenvalue weighted by atomic mass is 10.2. The number of hydrogen-bond acceptors (Lipinski definition) is 2. The third kappa shape index (κ3) is 2.11. The van der Waals surface area contributed by atoms with Crippen LogP contribution in [0.15, 0.2) is 30.3 Å². The first-order chi connectivity index (χ1) is 7.33. The summed E-state index contributed by atoms with van der Waals surface area (Å²) in [6, 6.07) is 10.3. The predicted octanol–water partition coefficient (Wildman–Crippen LogP) is 1.13. The van der Waals surface area contributed by atoms with Crippen LogP contribution in [0.1, 0.15) is 6.42 Å². The Balaban J connectivity index is 2.21. The van der Waals surface area contributed by atoms with Gasteiger partial charge in [-0.05, 0) is 30.8 Å². The summed E-state index contributed by atoms with van der Waals surface area (Å²) < 4.78 is 0. The first-order valence-electron chi connectivity index (χ1n) is 5.06. The summed E-state index contributed by atoms with van der Waals surface area (Å²) in [6.07, 6.45) is 0.738. The molecule has 0 bridgehead atoms. The van der Waals surface area contributed by atoms with Crippen LogP contribution >= 0.6 is 12.2 Å². The normalized spacial score (nSPS) is 20.5. The average molecular weight is 222 g/mol. The lowest BCUT2D eigenvalue weighted by molar-refractivity contribution is 0.278. The van der Waals surface area contributed by atoms with Crippen molar-refractivity contribution >= 4 is 23.0 Å². The van der Waals surface area contributed by atoms with Crippen LogP contribution in [0.5, 0.6) is 0 Å². The number of thiocarbonyl (C=S) groups is 1. The van der Waals surface area contributed by atoms with E-state index in [1.807, 2.05) is 30.3 Å². The lowest BCUT2D eigenvalue weighted by Crippen LogP contribution is -2.34. The molecule has 1 atom stereocenters. The maximum Gasteiger partial charge on any atom is 0.173 e. The highest BCUT2D eigenvalue weighted by molar-refractivity contribution is 7.80. The average Bonchev–Trinajstić information content (AvgIpc) is 2.62. The number of hydrogen-bond donors (Lipinski definition) is 2. The molecule has 3 nitrogen and oxygen atoms in total. The molecule has 15 heavy (non-hydrogen) atoms. The fourth-order valence-corrected chi connectivity index (χ4v) is 2.18. The second-order valence-electron chi connectivity index (χ2n) is 3.56. The van der Waals surface area contributed by atoms with E-state index < -0.39 is 0 Å². The Morgan fingerprint density at radius 3 is 2.80 bits per heavy atom. The van der Waals surface area contributed by atoms with Crippen LogP contribution in [0.3, 0.4) is 0 Å². The van der Waals surface area contributed by atoms with E-state index in [0.29, 0.717) is 0 Å². The molecule has 1 aliphatic rings. The summed E-state index contributed by atoms with van der Waals surface area (Å²) in [5.74, 6) is 0. The number of para-hydroxylation sites is 1. The lowest BCUT2D eigenvalue weighted by Gasteiger charge is -2.24. The van der Waals surface area contributed by atoms with Gasteiger partial charge in [0.2, 0.25) is 0 Å². The number of nitrogens with zero attached hydrogens (tertiary/aromatic N) is 1. The summed E-state index contributed by atoms with van der Waals surface area (Å²) >= 11 is 5.25. The van der Waals surface area contributed by atoms with Crippen molar-refractivity contribution in [2.45, 2.75) is 12.5 Å².